The number of likely N-dealkylation sites (N-methyl/N-ethyl adjacent to an activating group) is 1. The summed E-state index contributed by atoms with van der Waals surface area (Å²) in [5, 5.41) is 0. The number of hydrogen-bond acceptors (Lipinski definition) is 3. The maximum Gasteiger partial charge on any atom is 0.135 e. The second kappa shape index (κ2) is 4.50. The fourth-order valence-corrected chi connectivity index (χ4v) is 3.59. The molecule has 0 bridgehead atoms. The lowest BCUT2D eigenvalue weighted by Crippen LogP contribution is -2.44. The molecule has 1 aromatic carbocycles. The average Bonchev–Trinajstić information content (AvgIpc) is 3.28. The molecule has 3 heterocycles. The van der Waals surface area contributed by atoms with Crippen molar-refractivity contribution in [2.75, 3.05) is 18.6 Å². The standard InChI is InChI=1S/C18H20N2O/c1-4-12-13(5-2)16-10-19(3)18(17-11-21-17)20(16)15-9-7-6-8-14(12)15/h4-10,17-18H,11H2,1-3H3/b12-4+,13-5+. The minimum atomic E-state index is 0.273. The molecule has 21 heavy (non-hydrogen) atoms. The van der Waals surface area contributed by atoms with Crippen LogP contribution in [-0.2, 0) is 4.74 Å². The van der Waals surface area contributed by atoms with Gasteiger partial charge in [0.05, 0.1) is 18.0 Å². The van der Waals surface area contributed by atoms with Crippen molar-refractivity contribution >= 4 is 11.3 Å². The lowest BCUT2D eigenvalue weighted by atomic mass is 9.89. The van der Waals surface area contributed by atoms with Crippen LogP contribution in [0.5, 0.6) is 0 Å². The third-order valence-electron chi connectivity index (χ3n) is 4.56. The van der Waals surface area contributed by atoms with Crippen molar-refractivity contribution in [1.82, 2.24) is 4.90 Å². The fraction of sp³-hybridized carbons (Fsp3) is 0.333. The molecule has 0 aliphatic carbocycles. The molecule has 0 spiro atoms. The quantitative estimate of drug-likeness (QED) is 0.735. The van der Waals surface area contributed by atoms with Crippen LogP contribution in [-0.4, -0.2) is 30.8 Å². The molecule has 4 rings (SSSR count). The molecule has 2 atom stereocenters. The Bertz CT molecular complexity index is 682. The lowest BCUT2D eigenvalue weighted by molar-refractivity contribution is 0.270. The molecule has 1 aromatic rings. The Morgan fingerprint density at radius 1 is 1.14 bits per heavy atom. The number of epoxide rings is 1. The topological polar surface area (TPSA) is 19.0 Å². The maximum absolute atomic E-state index is 5.60. The number of ether oxygens (including phenoxy) is 1. The summed E-state index contributed by atoms with van der Waals surface area (Å²) in [5.74, 6) is 0. The first-order valence-corrected chi connectivity index (χ1v) is 7.53. The Hall–Kier alpha value is -2.00. The van der Waals surface area contributed by atoms with Gasteiger partial charge in [-0.1, -0.05) is 30.4 Å². The van der Waals surface area contributed by atoms with Gasteiger partial charge in [0.15, 0.2) is 0 Å². The molecular formula is C18H20N2O. The van der Waals surface area contributed by atoms with Crippen LogP contribution in [0, 0.1) is 0 Å². The molecule has 108 valence electrons. The molecule has 3 nitrogen and oxygen atoms in total. The van der Waals surface area contributed by atoms with Crippen molar-refractivity contribution in [2.24, 2.45) is 0 Å². The molecule has 2 unspecified atom stereocenters. The van der Waals surface area contributed by atoms with Gasteiger partial charge in [0.2, 0.25) is 0 Å². The monoisotopic (exact) mass is 280 g/mol. The number of nitrogens with zero attached hydrogens (tertiary/aromatic N) is 2. The lowest BCUT2D eigenvalue weighted by Gasteiger charge is -2.37. The van der Waals surface area contributed by atoms with Crippen LogP contribution < -0.4 is 4.90 Å². The number of para-hydroxylation sites is 1. The summed E-state index contributed by atoms with van der Waals surface area (Å²) >= 11 is 0. The van der Waals surface area contributed by atoms with Crippen molar-refractivity contribution < 1.29 is 4.74 Å². The molecule has 3 aliphatic rings. The number of fused-ring (bicyclic) bond motifs is 3. The van der Waals surface area contributed by atoms with Gasteiger partial charge in [-0.05, 0) is 25.5 Å². The van der Waals surface area contributed by atoms with E-state index in [1.165, 1.54) is 28.1 Å². The summed E-state index contributed by atoms with van der Waals surface area (Å²) < 4.78 is 5.60. The van der Waals surface area contributed by atoms with Gasteiger partial charge < -0.3 is 14.5 Å². The smallest absolute Gasteiger partial charge is 0.135 e. The Kier molecular flexibility index (Phi) is 2.73. The highest BCUT2D eigenvalue weighted by Gasteiger charge is 2.46. The SMILES string of the molecule is C/C=C1/C2=CN(C)C(C3CO3)N2c2ccccc2/C1=C/C. The van der Waals surface area contributed by atoms with Gasteiger partial charge in [0, 0.05) is 24.4 Å². The zero-order chi connectivity index (χ0) is 14.6. The Balaban J connectivity index is 1.95. The predicted molar refractivity (Wildman–Crippen MR) is 85.7 cm³/mol. The number of allylic oxidation sites excluding steroid dienone is 3. The molecule has 0 amide bonds. The maximum atomic E-state index is 5.60. The first kappa shape index (κ1) is 12.7. The summed E-state index contributed by atoms with van der Waals surface area (Å²) in [5.41, 5.74) is 6.51. The zero-order valence-corrected chi connectivity index (χ0v) is 12.7. The van der Waals surface area contributed by atoms with Gasteiger partial charge in [-0.3, -0.25) is 0 Å². The van der Waals surface area contributed by atoms with Crippen LogP contribution in [0.2, 0.25) is 0 Å². The molecule has 0 radical (unpaired) electrons. The minimum absolute atomic E-state index is 0.273. The molecule has 1 saturated heterocycles. The van der Waals surface area contributed by atoms with E-state index in [2.05, 4.69) is 73.3 Å². The van der Waals surface area contributed by atoms with Crippen molar-refractivity contribution in [1.29, 1.82) is 0 Å². The Morgan fingerprint density at radius 2 is 1.86 bits per heavy atom. The highest BCUT2D eigenvalue weighted by Crippen LogP contribution is 2.48. The van der Waals surface area contributed by atoms with Gasteiger partial charge in [-0.25, -0.2) is 0 Å². The van der Waals surface area contributed by atoms with Gasteiger partial charge >= 0.3 is 0 Å². The third kappa shape index (κ3) is 1.70. The molecule has 0 aromatic heterocycles. The molecule has 0 saturated carbocycles. The summed E-state index contributed by atoms with van der Waals surface area (Å²) in [6.45, 7) is 5.09. The van der Waals surface area contributed by atoms with Crippen LogP contribution in [0.3, 0.4) is 0 Å². The largest absolute Gasteiger partial charge is 0.369 e. The number of hydrogen-bond donors (Lipinski definition) is 0. The average molecular weight is 280 g/mol. The van der Waals surface area contributed by atoms with Gasteiger partial charge in [0.25, 0.3) is 0 Å². The highest BCUT2D eigenvalue weighted by atomic mass is 16.6. The van der Waals surface area contributed by atoms with Crippen molar-refractivity contribution in [3.63, 3.8) is 0 Å². The van der Waals surface area contributed by atoms with Crippen LogP contribution in [0.15, 0.2) is 53.9 Å². The van der Waals surface area contributed by atoms with Gasteiger partial charge in [-0.2, -0.15) is 0 Å². The van der Waals surface area contributed by atoms with E-state index in [1.807, 2.05) is 0 Å². The van der Waals surface area contributed by atoms with Crippen molar-refractivity contribution in [3.8, 4) is 0 Å². The summed E-state index contributed by atoms with van der Waals surface area (Å²) in [6.07, 6.45) is 7.26. The van der Waals surface area contributed by atoms with E-state index >= 15 is 0 Å². The predicted octanol–water partition coefficient (Wildman–Crippen LogP) is 3.37. The number of rotatable bonds is 1. The van der Waals surface area contributed by atoms with E-state index in [-0.39, 0.29) is 6.17 Å². The van der Waals surface area contributed by atoms with Crippen molar-refractivity contribution in [3.05, 3.63) is 59.5 Å². The Labute approximate surface area is 125 Å². The fourth-order valence-electron chi connectivity index (χ4n) is 3.59. The summed E-state index contributed by atoms with van der Waals surface area (Å²) in [6, 6.07) is 8.67. The third-order valence-corrected chi connectivity index (χ3v) is 4.56. The van der Waals surface area contributed by atoms with E-state index in [0.29, 0.717) is 6.10 Å². The highest BCUT2D eigenvalue weighted by molar-refractivity contribution is 5.95. The molecular weight excluding hydrogens is 260 g/mol. The van der Waals surface area contributed by atoms with E-state index < -0.39 is 0 Å². The first-order chi connectivity index (χ1) is 10.3. The zero-order valence-electron chi connectivity index (χ0n) is 12.7. The van der Waals surface area contributed by atoms with Gasteiger partial charge in [-0.15, -0.1) is 0 Å². The molecule has 3 heteroatoms. The normalized spacial score (nSPS) is 30.5. The second-order valence-corrected chi connectivity index (χ2v) is 5.76. The summed E-state index contributed by atoms with van der Waals surface area (Å²) in [7, 11) is 2.14. The van der Waals surface area contributed by atoms with Gasteiger partial charge in [0.1, 0.15) is 12.3 Å². The van der Waals surface area contributed by atoms with Crippen molar-refractivity contribution in [2.45, 2.75) is 26.1 Å². The van der Waals surface area contributed by atoms with Crippen LogP contribution in [0.1, 0.15) is 19.4 Å². The van der Waals surface area contributed by atoms with E-state index in [1.54, 1.807) is 0 Å². The number of benzene rings is 1. The summed E-state index contributed by atoms with van der Waals surface area (Å²) in [4.78, 5) is 4.72. The second-order valence-electron chi connectivity index (χ2n) is 5.76. The first-order valence-electron chi connectivity index (χ1n) is 7.53. The van der Waals surface area contributed by atoms with Crippen LogP contribution in [0.25, 0.3) is 5.57 Å². The minimum Gasteiger partial charge on any atom is -0.369 e. The van der Waals surface area contributed by atoms with Crippen LogP contribution in [0.4, 0.5) is 5.69 Å². The van der Waals surface area contributed by atoms with E-state index in [0.717, 1.165) is 6.61 Å². The number of anilines is 1. The van der Waals surface area contributed by atoms with Crippen LogP contribution >= 0.6 is 0 Å². The molecule has 0 N–H and O–H groups in total. The molecule has 3 aliphatic heterocycles. The van der Waals surface area contributed by atoms with E-state index in [4.69, 9.17) is 4.74 Å². The molecule has 1 fully saturated rings. The Morgan fingerprint density at radius 3 is 2.52 bits per heavy atom. The van der Waals surface area contributed by atoms with E-state index in [9.17, 15) is 0 Å².